The highest BCUT2D eigenvalue weighted by molar-refractivity contribution is 5.66. The van der Waals surface area contributed by atoms with E-state index in [0.717, 1.165) is 29.3 Å². The van der Waals surface area contributed by atoms with Crippen molar-refractivity contribution in [3.8, 4) is 0 Å². The van der Waals surface area contributed by atoms with Crippen LogP contribution in [0.1, 0.15) is 11.1 Å². The fourth-order valence-corrected chi connectivity index (χ4v) is 2.03. The number of hydrogen-bond acceptors (Lipinski definition) is 5. The number of anilines is 3. The van der Waals surface area contributed by atoms with E-state index in [9.17, 15) is 0 Å². The number of para-hydroxylation sites is 1. The molecule has 0 aliphatic carbocycles. The first-order chi connectivity index (χ1) is 9.76. The van der Waals surface area contributed by atoms with Gasteiger partial charge in [-0.05, 0) is 25.0 Å². The van der Waals surface area contributed by atoms with Crippen LogP contribution in [0.25, 0.3) is 0 Å². The normalized spacial score (nSPS) is 10.3. The highest BCUT2D eigenvalue weighted by atomic mass is 16.5. The van der Waals surface area contributed by atoms with Gasteiger partial charge in [0.15, 0.2) is 0 Å². The third-order valence-electron chi connectivity index (χ3n) is 3.17. The zero-order valence-corrected chi connectivity index (χ0v) is 12.1. The zero-order chi connectivity index (χ0) is 14.4. The molecule has 5 heteroatoms. The van der Waals surface area contributed by atoms with Gasteiger partial charge in [0.2, 0.25) is 0 Å². The molecule has 20 heavy (non-hydrogen) atoms. The van der Waals surface area contributed by atoms with Gasteiger partial charge < -0.3 is 15.4 Å². The van der Waals surface area contributed by atoms with E-state index in [1.807, 2.05) is 32.2 Å². The van der Waals surface area contributed by atoms with Crippen LogP contribution < -0.4 is 10.6 Å². The molecule has 0 unspecified atom stereocenters. The number of ether oxygens (including phenoxy) is 1. The Hall–Kier alpha value is -2.14. The number of hydrogen-bond donors (Lipinski definition) is 2. The average Bonchev–Trinajstić information content (AvgIpc) is 2.48. The van der Waals surface area contributed by atoms with Crippen molar-refractivity contribution in [2.24, 2.45) is 0 Å². The highest BCUT2D eigenvalue weighted by Gasteiger charge is 2.08. The molecular formula is C15H20N4O. The topological polar surface area (TPSA) is 59.1 Å². The standard InChI is InChI=1S/C15H20N4O/c1-11-14(16-2)17-10-18-15(11)19-13-7-5-4-6-12(13)8-9-20-3/h4-7,10H,8-9H2,1-3H3,(H2,16,17,18,19). The molecule has 0 amide bonds. The molecule has 0 saturated heterocycles. The summed E-state index contributed by atoms with van der Waals surface area (Å²) in [6.45, 7) is 2.69. The minimum Gasteiger partial charge on any atom is -0.384 e. The van der Waals surface area contributed by atoms with E-state index in [2.05, 4.69) is 26.7 Å². The van der Waals surface area contributed by atoms with Gasteiger partial charge in [0.1, 0.15) is 18.0 Å². The Morgan fingerprint density at radius 3 is 2.65 bits per heavy atom. The molecule has 2 N–H and O–H groups in total. The maximum atomic E-state index is 5.15. The zero-order valence-electron chi connectivity index (χ0n) is 12.1. The molecule has 0 bridgehead atoms. The number of methoxy groups -OCH3 is 1. The first-order valence-corrected chi connectivity index (χ1v) is 6.59. The van der Waals surface area contributed by atoms with Gasteiger partial charge in [0.25, 0.3) is 0 Å². The lowest BCUT2D eigenvalue weighted by Crippen LogP contribution is -2.05. The van der Waals surface area contributed by atoms with E-state index in [1.165, 1.54) is 5.56 Å². The molecule has 2 aromatic rings. The van der Waals surface area contributed by atoms with Crippen molar-refractivity contribution in [3.05, 3.63) is 41.7 Å². The second-order valence-corrected chi connectivity index (χ2v) is 4.47. The van der Waals surface area contributed by atoms with Gasteiger partial charge in [0, 0.05) is 25.4 Å². The summed E-state index contributed by atoms with van der Waals surface area (Å²) in [5.74, 6) is 1.64. The van der Waals surface area contributed by atoms with Crippen LogP contribution in [0, 0.1) is 6.92 Å². The van der Waals surface area contributed by atoms with Crippen LogP contribution in [0.15, 0.2) is 30.6 Å². The van der Waals surface area contributed by atoms with Crippen LogP contribution in [0.2, 0.25) is 0 Å². The van der Waals surface area contributed by atoms with Gasteiger partial charge in [0.05, 0.1) is 6.61 Å². The van der Waals surface area contributed by atoms with Gasteiger partial charge in [-0.15, -0.1) is 0 Å². The van der Waals surface area contributed by atoms with Crippen LogP contribution in [0.5, 0.6) is 0 Å². The Morgan fingerprint density at radius 2 is 1.90 bits per heavy atom. The van der Waals surface area contributed by atoms with E-state index in [-0.39, 0.29) is 0 Å². The summed E-state index contributed by atoms with van der Waals surface area (Å²) in [4.78, 5) is 8.50. The monoisotopic (exact) mass is 272 g/mol. The Bertz CT molecular complexity index is 572. The Balaban J connectivity index is 2.26. The molecule has 0 radical (unpaired) electrons. The molecule has 106 valence electrons. The number of nitrogens with zero attached hydrogens (tertiary/aromatic N) is 2. The van der Waals surface area contributed by atoms with Gasteiger partial charge in [-0.3, -0.25) is 0 Å². The van der Waals surface area contributed by atoms with E-state index >= 15 is 0 Å². The summed E-state index contributed by atoms with van der Waals surface area (Å²) in [6, 6.07) is 8.18. The first-order valence-electron chi connectivity index (χ1n) is 6.59. The van der Waals surface area contributed by atoms with Gasteiger partial charge in [-0.2, -0.15) is 0 Å². The highest BCUT2D eigenvalue weighted by Crippen LogP contribution is 2.24. The van der Waals surface area contributed by atoms with Crippen molar-refractivity contribution in [3.63, 3.8) is 0 Å². The predicted molar refractivity (Wildman–Crippen MR) is 81.6 cm³/mol. The lowest BCUT2D eigenvalue weighted by molar-refractivity contribution is 0.202. The molecule has 0 aliphatic rings. The molecule has 0 spiro atoms. The summed E-state index contributed by atoms with van der Waals surface area (Å²) in [5.41, 5.74) is 3.25. The number of benzene rings is 1. The van der Waals surface area contributed by atoms with Crippen molar-refractivity contribution in [1.29, 1.82) is 0 Å². The quantitative estimate of drug-likeness (QED) is 0.846. The third kappa shape index (κ3) is 3.24. The molecule has 1 heterocycles. The Morgan fingerprint density at radius 1 is 1.15 bits per heavy atom. The maximum Gasteiger partial charge on any atom is 0.138 e. The molecule has 5 nitrogen and oxygen atoms in total. The third-order valence-corrected chi connectivity index (χ3v) is 3.17. The fourth-order valence-electron chi connectivity index (χ4n) is 2.03. The van der Waals surface area contributed by atoms with Crippen molar-refractivity contribution >= 4 is 17.3 Å². The van der Waals surface area contributed by atoms with Crippen LogP contribution in [0.3, 0.4) is 0 Å². The molecule has 1 aromatic heterocycles. The predicted octanol–water partition coefficient (Wildman–Crippen LogP) is 2.76. The van der Waals surface area contributed by atoms with Gasteiger partial charge in [-0.25, -0.2) is 9.97 Å². The maximum absolute atomic E-state index is 5.15. The van der Waals surface area contributed by atoms with E-state index < -0.39 is 0 Å². The average molecular weight is 272 g/mol. The van der Waals surface area contributed by atoms with Crippen molar-refractivity contribution in [1.82, 2.24) is 9.97 Å². The summed E-state index contributed by atoms with van der Waals surface area (Å²) in [5, 5.41) is 6.44. The Labute approximate surface area is 119 Å². The number of nitrogens with one attached hydrogen (secondary N) is 2. The first kappa shape index (κ1) is 14.3. The van der Waals surface area contributed by atoms with E-state index in [4.69, 9.17) is 4.74 Å². The molecule has 0 aliphatic heterocycles. The van der Waals surface area contributed by atoms with Crippen LogP contribution in [-0.4, -0.2) is 30.7 Å². The Kier molecular flexibility index (Phi) is 4.90. The van der Waals surface area contributed by atoms with E-state index in [0.29, 0.717) is 6.61 Å². The largest absolute Gasteiger partial charge is 0.384 e. The fraction of sp³-hybridized carbons (Fsp3) is 0.333. The summed E-state index contributed by atoms with van der Waals surface area (Å²) < 4.78 is 5.15. The molecule has 0 saturated carbocycles. The van der Waals surface area contributed by atoms with E-state index in [1.54, 1.807) is 13.4 Å². The minimum atomic E-state index is 0.698. The lowest BCUT2D eigenvalue weighted by atomic mass is 10.1. The minimum absolute atomic E-state index is 0.698. The molecule has 0 atom stereocenters. The summed E-state index contributed by atoms with van der Waals surface area (Å²) in [7, 11) is 3.56. The molecule has 1 aromatic carbocycles. The number of rotatable bonds is 6. The lowest BCUT2D eigenvalue weighted by Gasteiger charge is -2.14. The second kappa shape index (κ2) is 6.86. The van der Waals surface area contributed by atoms with Gasteiger partial charge >= 0.3 is 0 Å². The summed E-state index contributed by atoms with van der Waals surface area (Å²) in [6.07, 6.45) is 2.42. The SMILES string of the molecule is CNc1ncnc(Nc2ccccc2CCOC)c1C. The molecule has 0 fully saturated rings. The molecular weight excluding hydrogens is 252 g/mol. The second-order valence-electron chi connectivity index (χ2n) is 4.47. The smallest absolute Gasteiger partial charge is 0.138 e. The van der Waals surface area contributed by atoms with Crippen molar-refractivity contribution in [2.45, 2.75) is 13.3 Å². The van der Waals surface area contributed by atoms with Crippen LogP contribution in [0.4, 0.5) is 17.3 Å². The van der Waals surface area contributed by atoms with Crippen molar-refractivity contribution in [2.75, 3.05) is 31.4 Å². The van der Waals surface area contributed by atoms with Gasteiger partial charge in [-0.1, -0.05) is 18.2 Å². The van der Waals surface area contributed by atoms with Crippen molar-refractivity contribution < 1.29 is 4.74 Å². The molecule has 2 rings (SSSR count). The number of aromatic nitrogens is 2. The van der Waals surface area contributed by atoms with Crippen LogP contribution >= 0.6 is 0 Å². The summed E-state index contributed by atoms with van der Waals surface area (Å²) >= 11 is 0. The van der Waals surface area contributed by atoms with Crippen LogP contribution in [-0.2, 0) is 11.2 Å².